The number of halogens is 1. The maximum atomic E-state index is 13.8. The van der Waals surface area contributed by atoms with Gasteiger partial charge in [-0.1, -0.05) is 23.5 Å². The average Bonchev–Trinajstić information content (AvgIpc) is 3.56. The van der Waals surface area contributed by atoms with E-state index in [1.807, 2.05) is 19.9 Å². The number of ether oxygens (including phenoxy) is 2. The fourth-order valence-electron chi connectivity index (χ4n) is 4.97. The number of hydrogen-bond acceptors (Lipinski definition) is 7. The number of carbonyl (C=O) groups is 2. The molecule has 0 spiro atoms. The van der Waals surface area contributed by atoms with Crippen molar-refractivity contribution >= 4 is 44.1 Å². The topological polar surface area (TPSA) is 89.0 Å². The van der Waals surface area contributed by atoms with Crippen molar-refractivity contribution in [2.45, 2.75) is 32.4 Å². The molecule has 192 valence electrons. The second-order valence-electron chi connectivity index (χ2n) is 9.23. The monoisotopic (exact) mass is 530 g/mol. The van der Waals surface area contributed by atoms with Gasteiger partial charge in [-0.05, 0) is 73.5 Å². The van der Waals surface area contributed by atoms with E-state index in [0.717, 1.165) is 16.0 Å². The van der Waals surface area contributed by atoms with Crippen molar-refractivity contribution in [3.05, 3.63) is 88.7 Å². The number of anilines is 1. The van der Waals surface area contributed by atoms with E-state index in [9.17, 15) is 19.1 Å². The molecule has 38 heavy (non-hydrogen) atoms. The number of Topliss-reactive ketones (excluding diaryl/α,β-unsaturated/α-hetero) is 1. The molecular formula is C29H23FN2O5S. The van der Waals surface area contributed by atoms with Gasteiger partial charge in [0.15, 0.2) is 5.13 Å². The molecule has 3 heterocycles. The molecule has 0 bridgehead atoms. The zero-order valence-electron chi connectivity index (χ0n) is 20.6. The van der Waals surface area contributed by atoms with E-state index in [0.29, 0.717) is 40.6 Å². The summed E-state index contributed by atoms with van der Waals surface area (Å²) in [4.78, 5) is 32.8. The minimum atomic E-state index is -0.994. The summed E-state index contributed by atoms with van der Waals surface area (Å²) < 4.78 is 25.9. The number of rotatable bonds is 5. The molecule has 6 rings (SSSR count). The maximum Gasteiger partial charge on any atom is 0.301 e. The quantitative estimate of drug-likeness (QED) is 0.200. The third-order valence-corrected chi connectivity index (χ3v) is 7.68. The Morgan fingerprint density at radius 3 is 2.71 bits per heavy atom. The molecule has 1 saturated heterocycles. The maximum absolute atomic E-state index is 13.8. The number of fused-ring (bicyclic) bond motifs is 2. The fourth-order valence-corrected chi connectivity index (χ4v) is 5.99. The Bertz CT molecular complexity index is 1630. The van der Waals surface area contributed by atoms with Gasteiger partial charge in [0.25, 0.3) is 5.78 Å². The number of nitrogens with zero attached hydrogens (tertiary/aromatic N) is 2. The molecule has 0 radical (unpaired) electrons. The molecule has 2 aliphatic rings. The van der Waals surface area contributed by atoms with Gasteiger partial charge in [0.05, 0.1) is 28.4 Å². The number of aliphatic hydroxyl groups excluding tert-OH is 1. The van der Waals surface area contributed by atoms with Crippen LogP contribution in [0, 0.1) is 5.82 Å². The summed E-state index contributed by atoms with van der Waals surface area (Å²) >= 11 is 1.23. The van der Waals surface area contributed by atoms with Crippen LogP contribution in [0.25, 0.3) is 16.0 Å². The molecule has 2 unspecified atom stereocenters. The van der Waals surface area contributed by atoms with Crippen molar-refractivity contribution in [3.8, 4) is 11.5 Å². The number of amides is 1. The highest BCUT2D eigenvalue weighted by molar-refractivity contribution is 7.22. The van der Waals surface area contributed by atoms with Crippen LogP contribution in [0.1, 0.15) is 36.6 Å². The summed E-state index contributed by atoms with van der Waals surface area (Å²) in [5.41, 5.74) is 2.34. The molecule has 2 aliphatic heterocycles. The molecule has 0 saturated carbocycles. The van der Waals surface area contributed by atoms with E-state index in [1.54, 1.807) is 30.3 Å². The predicted octanol–water partition coefficient (Wildman–Crippen LogP) is 5.78. The normalized spacial score (nSPS) is 20.1. The van der Waals surface area contributed by atoms with Crippen LogP contribution in [0.2, 0.25) is 0 Å². The van der Waals surface area contributed by atoms with Crippen LogP contribution < -0.4 is 14.4 Å². The van der Waals surface area contributed by atoms with E-state index in [2.05, 4.69) is 4.98 Å². The minimum absolute atomic E-state index is 0.00877. The van der Waals surface area contributed by atoms with Gasteiger partial charge in [0.2, 0.25) is 0 Å². The number of benzene rings is 3. The largest absolute Gasteiger partial charge is 0.507 e. The van der Waals surface area contributed by atoms with Crippen LogP contribution >= 0.6 is 11.3 Å². The smallest absolute Gasteiger partial charge is 0.301 e. The number of thiazole rings is 1. The van der Waals surface area contributed by atoms with E-state index in [1.165, 1.54) is 40.5 Å². The first-order valence-electron chi connectivity index (χ1n) is 12.2. The molecule has 1 aromatic heterocycles. The Hall–Kier alpha value is -4.24. The van der Waals surface area contributed by atoms with Crippen molar-refractivity contribution in [1.29, 1.82) is 0 Å². The Morgan fingerprint density at radius 2 is 1.95 bits per heavy atom. The van der Waals surface area contributed by atoms with Gasteiger partial charge in [-0.2, -0.15) is 0 Å². The summed E-state index contributed by atoms with van der Waals surface area (Å²) in [5.74, 6) is -1.02. The molecule has 1 fully saturated rings. The highest BCUT2D eigenvalue weighted by atomic mass is 32.1. The molecule has 1 amide bonds. The van der Waals surface area contributed by atoms with Crippen LogP contribution in [-0.2, 0) is 16.0 Å². The van der Waals surface area contributed by atoms with Gasteiger partial charge >= 0.3 is 5.91 Å². The van der Waals surface area contributed by atoms with Crippen molar-refractivity contribution in [2.24, 2.45) is 0 Å². The second kappa shape index (κ2) is 9.25. The number of hydrogen-bond donors (Lipinski definition) is 1. The third kappa shape index (κ3) is 3.99. The lowest BCUT2D eigenvalue weighted by Gasteiger charge is -2.23. The van der Waals surface area contributed by atoms with E-state index < -0.39 is 23.5 Å². The first-order chi connectivity index (χ1) is 18.3. The summed E-state index contributed by atoms with van der Waals surface area (Å²) in [5, 5.41) is 11.7. The first kappa shape index (κ1) is 24.1. The molecule has 1 N–H and O–H groups in total. The molecule has 4 aromatic rings. The van der Waals surface area contributed by atoms with Crippen LogP contribution in [0.15, 0.2) is 66.2 Å². The number of carbonyl (C=O) groups excluding carboxylic acids is 2. The van der Waals surface area contributed by atoms with Crippen molar-refractivity contribution < 1.29 is 28.6 Å². The minimum Gasteiger partial charge on any atom is -0.507 e. The summed E-state index contributed by atoms with van der Waals surface area (Å²) in [6.07, 6.45) is 0.677. The van der Waals surface area contributed by atoms with E-state index in [-0.39, 0.29) is 17.4 Å². The standard InChI is InChI=1S/C29H23FN2O5S/c1-3-36-20-9-10-21-23(14-20)38-29(31-21)32-25(16-4-7-19(30)8-5-16)24(27(34)28(32)35)26(33)17-6-11-22-18(13-17)12-15(2)37-22/h4-11,13-15,25,33H,3,12H2,1-2H3/b26-24-. The Balaban J connectivity index is 1.50. The lowest BCUT2D eigenvalue weighted by atomic mass is 9.94. The number of aliphatic hydroxyl groups is 1. The molecular weight excluding hydrogens is 507 g/mol. The molecule has 9 heteroatoms. The number of aromatic nitrogens is 1. The van der Waals surface area contributed by atoms with Crippen molar-refractivity contribution in [3.63, 3.8) is 0 Å². The second-order valence-corrected chi connectivity index (χ2v) is 10.2. The van der Waals surface area contributed by atoms with Crippen LogP contribution in [-0.4, -0.2) is 34.5 Å². The first-order valence-corrected chi connectivity index (χ1v) is 13.1. The summed E-state index contributed by atoms with van der Waals surface area (Å²) in [7, 11) is 0. The average molecular weight is 531 g/mol. The van der Waals surface area contributed by atoms with Gasteiger partial charge in [-0.25, -0.2) is 9.37 Å². The Kier molecular flexibility index (Phi) is 5.87. The predicted molar refractivity (Wildman–Crippen MR) is 142 cm³/mol. The van der Waals surface area contributed by atoms with Gasteiger partial charge in [-0.3, -0.25) is 14.5 Å². The highest BCUT2D eigenvalue weighted by Crippen LogP contribution is 2.45. The van der Waals surface area contributed by atoms with E-state index >= 15 is 0 Å². The van der Waals surface area contributed by atoms with Gasteiger partial charge in [0, 0.05) is 12.0 Å². The SMILES string of the molecule is CCOc1ccc2nc(N3C(=O)C(=O)/C(=C(\O)c4ccc5c(c4)CC(C)O5)C3c3ccc(F)cc3)sc2c1. The highest BCUT2D eigenvalue weighted by Gasteiger charge is 2.48. The van der Waals surface area contributed by atoms with Gasteiger partial charge in [-0.15, -0.1) is 0 Å². The summed E-state index contributed by atoms with van der Waals surface area (Å²) in [6.45, 7) is 4.35. The van der Waals surface area contributed by atoms with Crippen LogP contribution in [0.5, 0.6) is 11.5 Å². The molecule has 7 nitrogen and oxygen atoms in total. The Morgan fingerprint density at radius 1 is 1.16 bits per heavy atom. The molecule has 0 aliphatic carbocycles. The van der Waals surface area contributed by atoms with Crippen molar-refractivity contribution in [1.82, 2.24) is 4.98 Å². The Labute approximate surface area is 221 Å². The fraction of sp³-hybridized carbons (Fsp3) is 0.207. The van der Waals surface area contributed by atoms with E-state index in [4.69, 9.17) is 9.47 Å². The van der Waals surface area contributed by atoms with Crippen molar-refractivity contribution in [2.75, 3.05) is 11.5 Å². The van der Waals surface area contributed by atoms with Gasteiger partial charge < -0.3 is 14.6 Å². The van der Waals surface area contributed by atoms with Gasteiger partial charge in [0.1, 0.15) is 29.2 Å². The number of ketones is 1. The van der Waals surface area contributed by atoms with Crippen LogP contribution in [0.3, 0.4) is 0 Å². The zero-order valence-corrected chi connectivity index (χ0v) is 21.4. The molecule has 3 aromatic carbocycles. The zero-order chi connectivity index (χ0) is 26.6. The third-order valence-electron chi connectivity index (χ3n) is 6.67. The van der Waals surface area contributed by atoms with Crippen LogP contribution in [0.4, 0.5) is 9.52 Å². The lowest BCUT2D eigenvalue weighted by molar-refractivity contribution is -0.132. The summed E-state index contributed by atoms with van der Waals surface area (Å²) in [6, 6.07) is 15.1. The molecule has 2 atom stereocenters. The lowest BCUT2D eigenvalue weighted by Crippen LogP contribution is -2.29.